The Morgan fingerprint density at radius 1 is 1.38 bits per heavy atom. The van der Waals surface area contributed by atoms with Crippen LogP contribution in [-0.4, -0.2) is 30.2 Å². The van der Waals surface area contributed by atoms with Gasteiger partial charge in [-0.15, -0.1) is 6.58 Å². The number of nitrogens with zero attached hydrogens (tertiary/aromatic N) is 2. The maximum Gasteiger partial charge on any atom is 0.123 e. The molecule has 0 aliphatic carbocycles. The first-order valence-corrected chi connectivity index (χ1v) is 7.42. The summed E-state index contributed by atoms with van der Waals surface area (Å²) in [6.45, 7) is 10.6. The molecule has 21 heavy (non-hydrogen) atoms. The zero-order valence-corrected chi connectivity index (χ0v) is 12.3. The molecule has 2 nitrogen and oxygen atoms in total. The number of rotatable bonds is 3. The van der Waals surface area contributed by atoms with E-state index in [1.807, 2.05) is 18.3 Å². The van der Waals surface area contributed by atoms with Gasteiger partial charge >= 0.3 is 0 Å². The zero-order chi connectivity index (χ0) is 14.9. The lowest BCUT2D eigenvalue weighted by atomic mass is 9.73. The maximum atomic E-state index is 13.4. The van der Waals surface area contributed by atoms with E-state index in [-0.39, 0.29) is 11.2 Å². The third-order valence-corrected chi connectivity index (χ3v) is 4.60. The van der Waals surface area contributed by atoms with E-state index in [1.165, 1.54) is 6.07 Å². The molecule has 3 heteroatoms. The number of benzene rings is 1. The number of likely N-dealkylation sites (tertiary alicyclic amines) is 1. The summed E-state index contributed by atoms with van der Waals surface area (Å²) in [5.41, 5.74) is 2.09. The Balaban J connectivity index is 1.80. The summed E-state index contributed by atoms with van der Waals surface area (Å²) in [5, 5.41) is 0. The fraction of sp³-hybridized carbons (Fsp3) is 0.389. The molecule has 3 rings (SSSR count). The van der Waals surface area contributed by atoms with Gasteiger partial charge in [0.25, 0.3) is 0 Å². The van der Waals surface area contributed by atoms with Crippen LogP contribution in [0.1, 0.15) is 18.4 Å². The van der Waals surface area contributed by atoms with Gasteiger partial charge in [0.2, 0.25) is 0 Å². The Morgan fingerprint density at radius 2 is 2.24 bits per heavy atom. The van der Waals surface area contributed by atoms with E-state index in [0.29, 0.717) is 5.92 Å². The first-order valence-electron chi connectivity index (χ1n) is 7.42. The molecule has 1 aromatic rings. The van der Waals surface area contributed by atoms with Crippen molar-refractivity contribution in [1.29, 1.82) is 0 Å². The van der Waals surface area contributed by atoms with Gasteiger partial charge < -0.3 is 4.90 Å². The quantitative estimate of drug-likeness (QED) is 0.773. The van der Waals surface area contributed by atoms with E-state index in [0.717, 1.165) is 43.8 Å². The summed E-state index contributed by atoms with van der Waals surface area (Å²) in [5.74, 6) is 0.273. The summed E-state index contributed by atoms with van der Waals surface area (Å²) < 4.78 is 13.4. The lowest BCUT2D eigenvalue weighted by Crippen LogP contribution is -2.45. The predicted molar refractivity (Wildman–Crippen MR) is 84.9 cm³/mol. The SMILES string of the molecule is C=CC1CN(C=C)CC2(CN=C(c3cccc(F)c3)C2)C1. The van der Waals surface area contributed by atoms with E-state index in [2.05, 4.69) is 18.1 Å². The molecule has 1 saturated heterocycles. The third-order valence-electron chi connectivity index (χ3n) is 4.60. The second-order valence-electron chi connectivity index (χ2n) is 6.26. The average molecular weight is 284 g/mol. The molecule has 0 bridgehead atoms. The summed E-state index contributed by atoms with van der Waals surface area (Å²) in [6, 6.07) is 6.75. The molecule has 1 spiro atoms. The zero-order valence-electron chi connectivity index (χ0n) is 12.3. The molecular formula is C18H21FN2. The largest absolute Gasteiger partial charge is 0.377 e. The molecule has 1 aromatic carbocycles. The van der Waals surface area contributed by atoms with Crippen molar-refractivity contribution < 1.29 is 4.39 Å². The van der Waals surface area contributed by atoms with Crippen molar-refractivity contribution in [3.8, 4) is 0 Å². The fourth-order valence-electron chi connectivity index (χ4n) is 3.61. The van der Waals surface area contributed by atoms with E-state index in [9.17, 15) is 4.39 Å². The molecule has 110 valence electrons. The van der Waals surface area contributed by atoms with Crippen LogP contribution in [0.3, 0.4) is 0 Å². The standard InChI is InChI=1S/C18H21FN2/c1-3-14-9-18(13-21(4-2)11-14)10-17(20-12-18)15-6-5-7-16(19)8-15/h3-8,14H,1-2,9-13H2. The van der Waals surface area contributed by atoms with E-state index >= 15 is 0 Å². The summed E-state index contributed by atoms with van der Waals surface area (Å²) in [7, 11) is 0. The van der Waals surface area contributed by atoms with Crippen LogP contribution in [0.25, 0.3) is 0 Å². The smallest absolute Gasteiger partial charge is 0.123 e. The van der Waals surface area contributed by atoms with E-state index in [4.69, 9.17) is 4.99 Å². The number of halogens is 1. The minimum Gasteiger partial charge on any atom is -0.377 e. The number of hydrogen-bond acceptors (Lipinski definition) is 2. The lowest BCUT2D eigenvalue weighted by Gasteiger charge is -2.42. The Bertz CT molecular complexity index is 575. The minimum absolute atomic E-state index is 0.146. The van der Waals surface area contributed by atoms with Crippen LogP contribution in [0.2, 0.25) is 0 Å². The molecule has 2 aliphatic rings. The van der Waals surface area contributed by atoms with Gasteiger partial charge in [-0.2, -0.15) is 0 Å². The van der Waals surface area contributed by atoms with E-state index in [1.54, 1.807) is 12.1 Å². The van der Waals surface area contributed by atoms with Gasteiger partial charge in [0, 0.05) is 30.8 Å². The molecule has 0 N–H and O–H groups in total. The third kappa shape index (κ3) is 2.78. The first kappa shape index (κ1) is 14.1. The van der Waals surface area contributed by atoms with Crippen molar-refractivity contribution >= 4 is 5.71 Å². The highest BCUT2D eigenvalue weighted by Gasteiger charge is 2.42. The van der Waals surface area contributed by atoms with Gasteiger partial charge in [-0.1, -0.05) is 24.8 Å². The van der Waals surface area contributed by atoms with Crippen LogP contribution in [0.5, 0.6) is 0 Å². The molecule has 2 atom stereocenters. The van der Waals surface area contributed by atoms with Crippen LogP contribution >= 0.6 is 0 Å². The Morgan fingerprint density at radius 3 is 2.95 bits per heavy atom. The predicted octanol–water partition coefficient (Wildman–Crippen LogP) is 3.66. The Labute approximate surface area is 125 Å². The summed E-state index contributed by atoms with van der Waals surface area (Å²) in [4.78, 5) is 6.98. The van der Waals surface area contributed by atoms with Crippen molar-refractivity contribution in [3.05, 3.63) is 61.1 Å². The molecular weight excluding hydrogens is 263 g/mol. The Kier molecular flexibility index (Phi) is 3.66. The van der Waals surface area contributed by atoms with Crippen LogP contribution < -0.4 is 0 Å². The molecule has 2 heterocycles. The number of hydrogen-bond donors (Lipinski definition) is 0. The van der Waals surface area contributed by atoms with Gasteiger partial charge in [-0.3, -0.25) is 4.99 Å². The highest BCUT2D eigenvalue weighted by molar-refractivity contribution is 6.02. The van der Waals surface area contributed by atoms with Crippen LogP contribution in [0.15, 0.2) is 54.7 Å². The average Bonchev–Trinajstić information content (AvgIpc) is 2.90. The highest BCUT2D eigenvalue weighted by Crippen LogP contribution is 2.41. The van der Waals surface area contributed by atoms with Crippen molar-refractivity contribution in [2.24, 2.45) is 16.3 Å². The topological polar surface area (TPSA) is 15.6 Å². The lowest BCUT2D eigenvalue weighted by molar-refractivity contribution is 0.117. The van der Waals surface area contributed by atoms with E-state index < -0.39 is 0 Å². The van der Waals surface area contributed by atoms with Gasteiger partial charge in [0.1, 0.15) is 5.82 Å². The monoisotopic (exact) mass is 284 g/mol. The second-order valence-corrected chi connectivity index (χ2v) is 6.26. The van der Waals surface area contributed by atoms with Crippen LogP contribution in [-0.2, 0) is 0 Å². The molecule has 0 aromatic heterocycles. The molecule has 0 radical (unpaired) electrons. The second kappa shape index (κ2) is 5.47. The normalized spacial score (nSPS) is 28.5. The van der Waals surface area contributed by atoms with Gasteiger partial charge in [0.15, 0.2) is 0 Å². The fourth-order valence-corrected chi connectivity index (χ4v) is 3.61. The number of piperidine rings is 1. The van der Waals surface area contributed by atoms with Crippen molar-refractivity contribution in [2.75, 3.05) is 19.6 Å². The van der Waals surface area contributed by atoms with Crippen molar-refractivity contribution in [3.63, 3.8) is 0 Å². The molecule has 0 amide bonds. The van der Waals surface area contributed by atoms with Crippen molar-refractivity contribution in [1.82, 2.24) is 4.90 Å². The highest BCUT2D eigenvalue weighted by atomic mass is 19.1. The Hall–Kier alpha value is -1.90. The summed E-state index contributed by atoms with van der Waals surface area (Å²) in [6.07, 6.45) is 5.96. The van der Waals surface area contributed by atoms with Gasteiger partial charge in [-0.05, 0) is 42.7 Å². The summed E-state index contributed by atoms with van der Waals surface area (Å²) >= 11 is 0. The molecule has 1 fully saturated rings. The van der Waals surface area contributed by atoms with Gasteiger partial charge in [0.05, 0.1) is 0 Å². The minimum atomic E-state index is -0.198. The number of aliphatic imine (C=N–C) groups is 1. The molecule has 0 saturated carbocycles. The van der Waals surface area contributed by atoms with Gasteiger partial charge in [-0.25, -0.2) is 4.39 Å². The molecule has 2 unspecified atom stereocenters. The maximum absolute atomic E-state index is 13.4. The molecule has 2 aliphatic heterocycles. The first-order chi connectivity index (χ1) is 10.1. The van der Waals surface area contributed by atoms with Crippen LogP contribution in [0, 0.1) is 17.2 Å². The van der Waals surface area contributed by atoms with Crippen molar-refractivity contribution in [2.45, 2.75) is 12.8 Å². The van der Waals surface area contributed by atoms with Crippen LogP contribution in [0.4, 0.5) is 4.39 Å².